The van der Waals surface area contributed by atoms with E-state index in [0.29, 0.717) is 22.9 Å². The van der Waals surface area contributed by atoms with Crippen LogP contribution in [0.5, 0.6) is 11.5 Å². The quantitative estimate of drug-likeness (QED) is 0.502. The van der Waals surface area contributed by atoms with Crippen LogP contribution in [-0.4, -0.2) is 30.6 Å². The molecule has 0 fully saturated rings. The molecular weight excluding hydrogens is 378 g/mol. The van der Waals surface area contributed by atoms with Crippen LogP contribution < -0.4 is 0 Å². The Bertz CT molecular complexity index is 822. The van der Waals surface area contributed by atoms with E-state index in [2.05, 4.69) is 20.3 Å². The Morgan fingerprint density at radius 1 is 0.800 bits per heavy atom. The standard InChI is InChI=1S/2C8H6N2O2.Zn/c11-7-4-2-1-3-6(7)8-10-9-5-12-8;11-7-4-2-1-3-6(7)8-9-5-10-12-8;/h2*1-5,11H;. The molecule has 0 unspecified atom stereocenters. The minimum atomic E-state index is 0. The van der Waals surface area contributed by atoms with Crippen molar-refractivity contribution < 1.29 is 38.6 Å². The van der Waals surface area contributed by atoms with Crippen LogP contribution in [0, 0.1) is 0 Å². The van der Waals surface area contributed by atoms with Crippen LogP contribution in [0.25, 0.3) is 22.9 Å². The van der Waals surface area contributed by atoms with E-state index in [1.54, 1.807) is 48.5 Å². The maximum absolute atomic E-state index is 9.35. The van der Waals surface area contributed by atoms with Crippen molar-refractivity contribution in [3.05, 3.63) is 61.3 Å². The van der Waals surface area contributed by atoms with Gasteiger partial charge in [-0.05, 0) is 24.3 Å². The molecule has 9 heteroatoms. The fourth-order valence-electron chi connectivity index (χ4n) is 1.89. The largest absolute Gasteiger partial charge is 0.507 e. The SMILES string of the molecule is Oc1ccccc1-c1ncno1.Oc1ccccc1-c1nnco1.[Zn]. The number of aromatic nitrogens is 4. The fraction of sp³-hybridized carbons (Fsp3) is 0. The number of hydrogen-bond acceptors (Lipinski definition) is 8. The minimum Gasteiger partial charge on any atom is -0.507 e. The van der Waals surface area contributed by atoms with Gasteiger partial charge in [0.15, 0.2) is 6.33 Å². The van der Waals surface area contributed by atoms with Crippen molar-refractivity contribution in [3.8, 4) is 34.4 Å². The van der Waals surface area contributed by atoms with Gasteiger partial charge in [0.25, 0.3) is 11.8 Å². The third kappa shape index (κ3) is 4.48. The summed E-state index contributed by atoms with van der Waals surface area (Å²) in [6.45, 7) is 0. The van der Waals surface area contributed by atoms with Gasteiger partial charge in [-0.15, -0.1) is 10.2 Å². The molecule has 0 radical (unpaired) electrons. The van der Waals surface area contributed by atoms with Crippen molar-refractivity contribution in [1.82, 2.24) is 20.3 Å². The van der Waals surface area contributed by atoms with Gasteiger partial charge in [-0.2, -0.15) is 4.98 Å². The van der Waals surface area contributed by atoms with Crippen LogP contribution in [0.3, 0.4) is 0 Å². The van der Waals surface area contributed by atoms with Crippen LogP contribution in [0.15, 0.2) is 70.2 Å². The van der Waals surface area contributed by atoms with E-state index in [1.807, 2.05) is 0 Å². The molecular formula is C16H12N4O4Zn. The number of benzene rings is 2. The molecule has 0 amide bonds. The van der Waals surface area contributed by atoms with Crippen LogP contribution in [-0.2, 0) is 19.5 Å². The molecule has 0 spiro atoms. The third-order valence-corrected chi connectivity index (χ3v) is 2.99. The van der Waals surface area contributed by atoms with Gasteiger partial charge in [0, 0.05) is 19.5 Å². The van der Waals surface area contributed by atoms with E-state index in [-0.39, 0.29) is 31.0 Å². The number of para-hydroxylation sites is 2. The first-order valence-corrected chi connectivity index (χ1v) is 6.85. The summed E-state index contributed by atoms with van der Waals surface area (Å²) in [6.07, 6.45) is 2.52. The smallest absolute Gasteiger partial charge is 0.261 e. The molecule has 8 nitrogen and oxygen atoms in total. The topological polar surface area (TPSA) is 118 Å². The molecule has 25 heavy (non-hydrogen) atoms. The predicted molar refractivity (Wildman–Crippen MR) is 82.8 cm³/mol. The van der Waals surface area contributed by atoms with E-state index in [1.165, 1.54) is 12.7 Å². The minimum absolute atomic E-state index is 0. The van der Waals surface area contributed by atoms with E-state index < -0.39 is 0 Å². The Hall–Kier alpha value is -3.06. The van der Waals surface area contributed by atoms with Crippen molar-refractivity contribution in [2.75, 3.05) is 0 Å². The average molecular weight is 390 g/mol. The zero-order chi connectivity index (χ0) is 16.8. The Morgan fingerprint density at radius 3 is 1.88 bits per heavy atom. The summed E-state index contributed by atoms with van der Waals surface area (Å²) in [5.41, 5.74) is 1.10. The van der Waals surface area contributed by atoms with Gasteiger partial charge < -0.3 is 19.2 Å². The summed E-state index contributed by atoms with van der Waals surface area (Å²) in [7, 11) is 0. The summed E-state index contributed by atoms with van der Waals surface area (Å²) in [5.74, 6) is 0.935. The Labute approximate surface area is 154 Å². The van der Waals surface area contributed by atoms with E-state index >= 15 is 0 Å². The van der Waals surface area contributed by atoms with Gasteiger partial charge in [0.05, 0.1) is 11.1 Å². The Kier molecular flexibility index (Phi) is 6.36. The summed E-state index contributed by atoms with van der Waals surface area (Å²) in [4.78, 5) is 3.81. The molecule has 2 N–H and O–H groups in total. The second-order valence-corrected chi connectivity index (χ2v) is 4.52. The molecule has 0 saturated carbocycles. The molecule has 0 aliphatic carbocycles. The van der Waals surface area contributed by atoms with Crippen molar-refractivity contribution in [2.45, 2.75) is 0 Å². The van der Waals surface area contributed by atoms with Crippen LogP contribution in [0.4, 0.5) is 0 Å². The summed E-state index contributed by atoms with van der Waals surface area (Å²) < 4.78 is 9.70. The van der Waals surface area contributed by atoms with E-state index in [9.17, 15) is 10.2 Å². The van der Waals surface area contributed by atoms with Crippen molar-refractivity contribution in [3.63, 3.8) is 0 Å². The summed E-state index contributed by atoms with van der Waals surface area (Å²) in [5, 5.41) is 29.3. The zero-order valence-electron chi connectivity index (χ0n) is 13.0. The molecule has 0 atom stereocenters. The van der Waals surface area contributed by atoms with Crippen LogP contribution in [0.2, 0.25) is 0 Å². The molecule has 0 aliphatic heterocycles. The Morgan fingerprint density at radius 2 is 1.40 bits per heavy atom. The van der Waals surface area contributed by atoms with Gasteiger partial charge in [0.2, 0.25) is 6.39 Å². The van der Waals surface area contributed by atoms with Crippen molar-refractivity contribution >= 4 is 0 Å². The maximum atomic E-state index is 9.35. The molecule has 0 saturated heterocycles. The van der Waals surface area contributed by atoms with Gasteiger partial charge in [0.1, 0.15) is 11.5 Å². The number of aromatic hydroxyl groups is 2. The second-order valence-electron chi connectivity index (χ2n) is 4.52. The second kappa shape index (κ2) is 8.70. The number of hydrogen-bond donors (Lipinski definition) is 2. The molecule has 2 aromatic carbocycles. The maximum Gasteiger partial charge on any atom is 0.261 e. The first-order chi connectivity index (χ1) is 11.8. The Balaban J connectivity index is 0.000000173. The van der Waals surface area contributed by atoms with E-state index in [4.69, 9.17) is 8.94 Å². The van der Waals surface area contributed by atoms with Crippen LogP contribution >= 0.6 is 0 Å². The zero-order valence-corrected chi connectivity index (χ0v) is 15.9. The molecule has 122 valence electrons. The number of rotatable bonds is 2. The third-order valence-electron chi connectivity index (χ3n) is 2.99. The number of phenolic OH excluding ortho intramolecular Hbond substituents is 2. The molecule has 0 aliphatic rings. The summed E-state index contributed by atoms with van der Waals surface area (Å²) >= 11 is 0. The summed E-state index contributed by atoms with van der Waals surface area (Å²) in [6, 6.07) is 13.6. The van der Waals surface area contributed by atoms with Crippen molar-refractivity contribution in [2.24, 2.45) is 0 Å². The molecule has 4 rings (SSSR count). The van der Waals surface area contributed by atoms with Crippen LogP contribution in [0.1, 0.15) is 0 Å². The normalized spacial score (nSPS) is 9.60. The molecule has 2 aromatic heterocycles. The van der Waals surface area contributed by atoms with Gasteiger partial charge in [-0.1, -0.05) is 29.4 Å². The van der Waals surface area contributed by atoms with Gasteiger partial charge in [-0.25, -0.2) is 0 Å². The molecule has 2 heterocycles. The first kappa shape index (κ1) is 18.3. The first-order valence-electron chi connectivity index (χ1n) is 6.85. The van der Waals surface area contributed by atoms with Crippen molar-refractivity contribution in [1.29, 1.82) is 0 Å². The van der Waals surface area contributed by atoms with Gasteiger partial charge in [-0.3, -0.25) is 0 Å². The number of phenols is 2. The predicted octanol–water partition coefficient (Wildman–Crippen LogP) is 2.88. The van der Waals surface area contributed by atoms with Gasteiger partial charge >= 0.3 is 0 Å². The van der Waals surface area contributed by atoms with E-state index in [0.717, 1.165) is 0 Å². The number of nitrogens with zero attached hydrogens (tertiary/aromatic N) is 4. The molecule has 4 aromatic rings. The monoisotopic (exact) mass is 388 g/mol. The molecule has 0 bridgehead atoms. The average Bonchev–Trinajstić information content (AvgIpc) is 3.30. The fourth-order valence-corrected chi connectivity index (χ4v) is 1.89.